The van der Waals surface area contributed by atoms with Gasteiger partial charge >= 0.3 is 0 Å². The number of rotatable bonds is 3. The van der Waals surface area contributed by atoms with E-state index in [1.807, 2.05) is 0 Å². The second-order valence-electron chi connectivity index (χ2n) is 3.87. The Morgan fingerprint density at radius 2 is 2.47 bits per heavy atom. The van der Waals surface area contributed by atoms with Crippen LogP contribution in [0.4, 0.5) is 0 Å². The number of fused-ring (bicyclic) bond motifs is 1. The van der Waals surface area contributed by atoms with Crippen LogP contribution in [0.25, 0.3) is 11.0 Å². The van der Waals surface area contributed by atoms with Gasteiger partial charge in [-0.3, -0.25) is 4.79 Å². The number of imidazole rings is 1. The number of nitriles is 1. The lowest BCUT2D eigenvalue weighted by atomic mass is 10.1. The zero-order valence-corrected chi connectivity index (χ0v) is 9.40. The van der Waals surface area contributed by atoms with Crippen molar-refractivity contribution in [2.75, 3.05) is 6.54 Å². The third-order valence-corrected chi connectivity index (χ3v) is 2.47. The molecule has 1 heterocycles. The highest BCUT2D eigenvalue weighted by molar-refractivity contribution is 5.97. The SMILES string of the molecule is CC(C#N)CNC(=O)c1ccc2nc[nH]c2c1. The quantitative estimate of drug-likeness (QED) is 0.834. The summed E-state index contributed by atoms with van der Waals surface area (Å²) >= 11 is 0. The summed E-state index contributed by atoms with van der Waals surface area (Å²) in [5.74, 6) is -0.363. The minimum atomic E-state index is -0.185. The maximum atomic E-state index is 11.8. The van der Waals surface area contributed by atoms with Crippen LogP contribution in [-0.4, -0.2) is 22.4 Å². The summed E-state index contributed by atoms with van der Waals surface area (Å²) < 4.78 is 0. The first-order chi connectivity index (χ1) is 8.20. The first-order valence-corrected chi connectivity index (χ1v) is 5.31. The number of nitrogens with one attached hydrogen (secondary N) is 2. The molecule has 5 nitrogen and oxygen atoms in total. The Morgan fingerprint density at radius 1 is 1.65 bits per heavy atom. The molecule has 2 N–H and O–H groups in total. The van der Waals surface area contributed by atoms with E-state index in [-0.39, 0.29) is 11.8 Å². The van der Waals surface area contributed by atoms with Gasteiger partial charge in [0.05, 0.1) is 29.3 Å². The number of aromatic nitrogens is 2. The number of carbonyl (C=O) groups excluding carboxylic acids is 1. The van der Waals surface area contributed by atoms with Crippen LogP contribution in [0.3, 0.4) is 0 Å². The molecule has 0 radical (unpaired) electrons. The lowest BCUT2D eigenvalue weighted by Gasteiger charge is -2.05. The van der Waals surface area contributed by atoms with E-state index in [1.54, 1.807) is 31.5 Å². The fourth-order valence-corrected chi connectivity index (χ4v) is 1.47. The van der Waals surface area contributed by atoms with Gasteiger partial charge in [0.1, 0.15) is 0 Å². The Labute approximate surface area is 98.5 Å². The molecule has 0 aliphatic carbocycles. The standard InChI is InChI=1S/C12H12N4O/c1-8(5-13)6-14-12(17)9-2-3-10-11(4-9)16-7-15-10/h2-4,7-8H,6H2,1H3,(H,14,17)(H,15,16). The van der Waals surface area contributed by atoms with Crippen LogP contribution in [-0.2, 0) is 0 Å². The van der Waals surface area contributed by atoms with Gasteiger partial charge in [-0.1, -0.05) is 0 Å². The van der Waals surface area contributed by atoms with Crippen LogP contribution < -0.4 is 5.32 Å². The maximum Gasteiger partial charge on any atom is 0.251 e. The smallest absolute Gasteiger partial charge is 0.251 e. The molecule has 1 unspecified atom stereocenters. The van der Waals surface area contributed by atoms with Gasteiger partial charge in [0.2, 0.25) is 0 Å². The van der Waals surface area contributed by atoms with Crippen molar-refractivity contribution >= 4 is 16.9 Å². The average Bonchev–Trinajstić information content (AvgIpc) is 2.82. The van der Waals surface area contributed by atoms with Gasteiger partial charge in [0.25, 0.3) is 5.91 Å². The van der Waals surface area contributed by atoms with Crippen molar-refractivity contribution in [2.24, 2.45) is 5.92 Å². The first-order valence-electron chi connectivity index (χ1n) is 5.31. The highest BCUT2D eigenvalue weighted by Crippen LogP contribution is 2.11. The molecule has 0 saturated heterocycles. The van der Waals surface area contributed by atoms with Gasteiger partial charge in [-0.2, -0.15) is 5.26 Å². The first kappa shape index (κ1) is 11.1. The predicted molar refractivity (Wildman–Crippen MR) is 63.2 cm³/mol. The van der Waals surface area contributed by atoms with Crippen molar-refractivity contribution in [3.05, 3.63) is 30.1 Å². The summed E-state index contributed by atoms with van der Waals surface area (Å²) in [5.41, 5.74) is 2.21. The molecule has 1 aromatic heterocycles. The van der Waals surface area contributed by atoms with Crippen LogP contribution in [0.2, 0.25) is 0 Å². The van der Waals surface area contributed by atoms with Gasteiger partial charge in [-0.05, 0) is 25.1 Å². The summed E-state index contributed by atoms with van der Waals surface area (Å²) in [4.78, 5) is 18.8. The molecule has 1 atom stereocenters. The highest BCUT2D eigenvalue weighted by atomic mass is 16.1. The molecule has 0 fully saturated rings. The average molecular weight is 228 g/mol. The summed E-state index contributed by atoms with van der Waals surface area (Å²) in [6, 6.07) is 7.32. The molecule has 17 heavy (non-hydrogen) atoms. The lowest BCUT2D eigenvalue weighted by Crippen LogP contribution is -2.27. The van der Waals surface area contributed by atoms with Crippen molar-refractivity contribution in [1.29, 1.82) is 5.26 Å². The molecule has 0 spiro atoms. The largest absolute Gasteiger partial charge is 0.351 e. The van der Waals surface area contributed by atoms with Gasteiger partial charge in [0, 0.05) is 12.1 Å². The van der Waals surface area contributed by atoms with E-state index in [4.69, 9.17) is 5.26 Å². The fraction of sp³-hybridized carbons (Fsp3) is 0.250. The fourth-order valence-electron chi connectivity index (χ4n) is 1.47. The number of benzene rings is 1. The molecule has 0 saturated carbocycles. The third-order valence-electron chi connectivity index (χ3n) is 2.47. The zero-order valence-electron chi connectivity index (χ0n) is 9.40. The van der Waals surface area contributed by atoms with Crippen LogP contribution in [0.1, 0.15) is 17.3 Å². The number of amides is 1. The topological polar surface area (TPSA) is 81.6 Å². The summed E-state index contributed by atoms with van der Waals surface area (Å²) in [7, 11) is 0. The molecule has 86 valence electrons. The molecule has 0 aliphatic rings. The maximum absolute atomic E-state index is 11.8. The number of aromatic amines is 1. The molecule has 0 aliphatic heterocycles. The molecular formula is C12H12N4O. The predicted octanol–water partition coefficient (Wildman–Crippen LogP) is 1.45. The van der Waals surface area contributed by atoms with E-state index in [0.29, 0.717) is 12.1 Å². The third kappa shape index (κ3) is 2.42. The minimum Gasteiger partial charge on any atom is -0.351 e. The molecule has 2 rings (SSSR count). The highest BCUT2D eigenvalue weighted by Gasteiger charge is 2.08. The van der Waals surface area contributed by atoms with Gasteiger partial charge in [0.15, 0.2) is 0 Å². The Bertz CT molecular complexity index is 581. The van der Waals surface area contributed by atoms with Crippen LogP contribution in [0.5, 0.6) is 0 Å². The monoisotopic (exact) mass is 228 g/mol. The molecule has 2 aromatic rings. The van der Waals surface area contributed by atoms with E-state index >= 15 is 0 Å². The van der Waals surface area contributed by atoms with E-state index in [2.05, 4.69) is 21.4 Å². The molecule has 1 aromatic carbocycles. The number of H-pyrrole nitrogens is 1. The Morgan fingerprint density at radius 3 is 3.24 bits per heavy atom. The Kier molecular flexibility index (Phi) is 3.06. The molecule has 0 bridgehead atoms. The van der Waals surface area contributed by atoms with Crippen molar-refractivity contribution in [3.8, 4) is 6.07 Å². The number of carbonyl (C=O) groups is 1. The van der Waals surface area contributed by atoms with Crippen molar-refractivity contribution in [2.45, 2.75) is 6.92 Å². The van der Waals surface area contributed by atoms with Crippen LogP contribution in [0.15, 0.2) is 24.5 Å². The number of hydrogen-bond acceptors (Lipinski definition) is 3. The van der Waals surface area contributed by atoms with E-state index in [9.17, 15) is 4.79 Å². The molecular weight excluding hydrogens is 216 g/mol. The molecule has 1 amide bonds. The van der Waals surface area contributed by atoms with Crippen molar-refractivity contribution in [1.82, 2.24) is 15.3 Å². The number of hydrogen-bond donors (Lipinski definition) is 2. The summed E-state index contributed by atoms with van der Waals surface area (Å²) in [6.45, 7) is 2.12. The van der Waals surface area contributed by atoms with E-state index in [0.717, 1.165) is 11.0 Å². The van der Waals surface area contributed by atoms with Gasteiger partial charge in [-0.15, -0.1) is 0 Å². The molecule has 5 heteroatoms. The summed E-state index contributed by atoms with van der Waals surface area (Å²) in [6.07, 6.45) is 1.59. The second-order valence-corrected chi connectivity index (χ2v) is 3.87. The summed E-state index contributed by atoms with van der Waals surface area (Å²) in [5, 5.41) is 11.3. The van der Waals surface area contributed by atoms with Crippen LogP contribution >= 0.6 is 0 Å². The normalized spacial score (nSPS) is 12.0. The zero-order chi connectivity index (χ0) is 12.3. The van der Waals surface area contributed by atoms with E-state index < -0.39 is 0 Å². The van der Waals surface area contributed by atoms with Crippen molar-refractivity contribution < 1.29 is 4.79 Å². The van der Waals surface area contributed by atoms with E-state index in [1.165, 1.54) is 0 Å². The lowest BCUT2D eigenvalue weighted by molar-refractivity contribution is 0.0951. The van der Waals surface area contributed by atoms with Gasteiger partial charge < -0.3 is 10.3 Å². The van der Waals surface area contributed by atoms with Crippen LogP contribution in [0, 0.1) is 17.2 Å². The number of nitrogens with zero attached hydrogens (tertiary/aromatic N) is 2. The Hall–Kier alpha value is -2.35. The minimum absolute atomic E-state index is 0.177. The Balaban J connectivity index is 2.11. The van der Waals surface area contributed by atoms with Gasteiger partial charge in [-0.25, -0.2) is 4.98 Å². The second kappa shape index (κ2) is 4.66. The van der Waals surface area contributed by atoms with Crippen molar-refractivity contribution in [3.63, 3.8) is 0 Å².